The Hall–Kier alpha value is -1.35. The molecule has 1 aromatic rings. The van der Waals surface area contributed by atoms with Crippen molar-refractivity contribution in [3.05, 3.63) is 34.9 Å². The molecule has 0 aliphatic rings. The van der Waals surface area contributed by atoms with E-state index in [2.05, 4.69) is 0 Å². The van der Waals surface area contributed by atoms with Crippen LogP contribution in [0.3, 0.4) is 0 Å². The van der Waals surface area contributed by atoms with Crippen LogP contribution in [0.1, 0.15) is 22.7 Å². The zero-order valence-electron chi connectivity index (χ0n) is 7.74. The van der Waals surface area contributed by atoms with E-state index in [0.717, 1.165) is 16.7 Å². The van der Waals surface area contributed by atoms with E-state index in [0.29, 0.717) is 0 Å². The molecule has 0 amide bonds. The molecule has 0 heterocycles. The minimum absolute atomic E-state index is 0.718. The van der Waals surface area contributed by atoms with Gasteiger partial charge in [-0.2, -0.15) is 0 Å². The minimum Gasteiger partial charge on any atom is -0.480 e. The molecule has 3 nitrogen and oxygen atoms in total. The van der Waals surface area contributed by atoms with Crippen LogP contribution in [0.2, 0.25) is 0 Å². The Morgan fingerprint density at radius 2 is 1.85 bits per heavy atom. The maximum absolute atomic E-state index is 10.7. The van der Waals surface area contributed by atoms with Gasteiger partial charge in [0.2, 0.25) is 0 Å². The van der Waals surface area contributed by atoms with E-state index in [1.165, 1.54) is 0 Å². The monoisotopic (exact) mass is 179 g/mol. The summed E-state index contributed by atoms with van der Waals surface area (Å²) >= 11 is 0. The van der Waals surface area contributed by atoms with Gasteiger partial charge in [0.15, 0.2) is 0 Å². The first-order chi connectivity index (χ1) is 6.04. The molecule has 0 fully saturated rings. The van der Waals surface area contributed by atoms with Crippen LogP contribution in [0.4, 0.5) is 0 Å². The summed E-state index contributed by atoms with van der Waals surface area (Å²) in [7, 11) is 0. The topological polar surface area (TPSA) is 63.3 Å². The largest absolute Gasteiger partial charge is 0.480 e. The lowest BCUT2D eigenvalue weighted by Crippen LogP contribution is -2.22. The lowest BCUT2D eigenvalue weighted by molar-refractivity contribution is -0.138. The summed E-state index contributed by atoms with van der Waals surface area (Å²) in [5.41, 5.74) is 8.11. The molecule has 3 N–H and O–H groups in total. The maximum Gasteiger partial charge on any atom is 0.325 e. The van der Waals surface area contributed by atoms with Crippen LogP contribution >= 0.6 is 0 Å². The molecule has 13 heavy (non-hydrogen) atoms. The van der Waals surface area contributed by atoms with Gasteiger partial charge in [-0.1, -0.05) is 18.2 Å². The van der Waals surface area contributed by atoms with Gasteiger partial charge < -0.3 is 10.8 Å². The lowest BCUT2D eigenvalue weighted by atomic mass is 9.97. The smallest absolute Gasteiger partial charge is 0.325 e. The molecular weight excluding hydrogens is 166 g/mol. The summed E-state index contributed by atoms with van der Waals surface area (Å²) < 4.78 is 0. The molecule has 0 aromatic heterocycles. The van der Waals surface area contributed by atoms with Crippen LogP contribution in [0.15, 0.2) is 18.2 Å². The van der Waals surface area contributed by atoms with Crippen LogP contribution in [0, 0.1) is 13.8 Å². The van der Waals surface area contributed by atoms with E-state index in [1.807, 2.05) is 32.0 Å². The second-order valence-electron chi connectivity index (χ2n) is 3.12. The van der Waals surface area contributed by atoms with Crippen molar-refractivity contribution < 1.29 is 9.90 Å². The van der Waals surface area contributed by atoms with Crippen molar-refractivity contribution >= 4 is 5.97 Å². The summed E-state index contributed by atoms with van der Waals surface area (Å²) in [6, 6.07) is 4.71. The Balaban J connectivity index is 3.20. The molecule has 0 bridgehead atoms. The van der Waals surface area contributed by atoms with Gasteiger partial charge in [-0.25, -0.2) is 0 Å². The fraction of sp³-hybridized carbons (Fsp3) is 0.300. The maximum atomic E-state index is 10.7. The van der Waals surface area contributed by atoms with Gasteiger partial charge in [-0.15, -0.1) is 0 Å². The molecule has 1 rings (SSSR count). The van der Waals surface area contributed by atoms with Crippen LogP contribution in [-0.4, -0.2) is 11.1 Å². The molecule has 0 saturated carbocycles. The third-order valence-corrected chi connectivity index (χ3v) is 2.12. The van der Waals surface area contributed by atoms with Crippen molar-refractivity contribution in [1.82, 2.24) is 0 Å². The first-order valence-corrected chi connectivity index (χ1v) is 4.08. The number of hydrogen-bond acceptors (Lipinski definition) is 2. The molecule has 1 unspecified atom stereocenters. The molecular formula is C10H13NO2. The highest BCUT2D eigenvalue weighted by Crippen LogP contribution is 2.19. The van der Waals surface area contributed by atoms with Crippen LogP contribution in [0.25, 0.3) is 0 Å². The number of carboxylic acids is 1. The van der Waals surface area contributed by atoms with Crippen LogP contribution < -0.4 is 5.73 Å². The van der Waals surface area contributed by atoms with E-state index in [1.54, 1.807) is 0 Å². The Kier molecular flexibility index (Phi) is 2.68. The lowest BCUT2D eigenvalue weighted by Gasteiger charge is -2.12. The SMILES string of the molecule is Cc1cccc(C)c1C(N)C(=O)O. The molecule has 0 aliphatic heterocycles. The van der Waals surface area contributed by atoms with E-state index < -0.39 is 12.0 Å². The van der Waals surface area contributed by atoms with Crippen LogP contribution in [-0.2, 0) is 4.79 Å². The zero-order chi connectivity index (χ0) is 10.0. The highest BCUT2D eigenvalue weighted by atomic mass is 16.4. The first kappa shape index (κ1) is 9.74. The molecule has 0 spiro atoms. The second kappa shape index (κ2) is 3.58. The molecule has 70 valence electrons. The Morgan fingerprint density at radius 3 is 2.23 bits per heavy atom. The van der Waals surface area contributed by atoms with Gasteiger partial charge in [0.25, 0.3) is 0 Å². The number of benzene rings is 1. The minimum atomic E-state index is -0.989. The van der Waals surface area contributed by atoms with Crippen molar-refractivity contribution in [2.24, 2.45) is 5.73 Å². The molecule has 0 radical (unpaired) electrons. The Labute approximate surface area is 77.2 Å². The van der Waals surface area contributed by atoms with Gasteiger partial charge in [0.05, 0.1) is 0 Å². The second-order valence-corrected chi connectivity index (χ2v) is 3.12. The molecule has 3 heteroatoms. The third kappa shape index (κ3) is 1.87. The summed E-state index contributed by atoms with van der Waals surface area (Å²) in [6.45, 7) is 3.73. The summed E-state index contributed by atoms with van der Waals surface area (Å²) in [4.78, 5) is 10.7. The zero-order valence-corrected chi connectivity index (χ0v) is 7.74. The summed E-state index contributed by atoms with van der Waals surface area (Å²) in [5, 5.41) is 8.76. The van der Waals surface area contributed by atoms with Crippen molar-refractivity contribution in [3.63, 3.8) is 0 Å². The number of aryl methyl sites for hydroxylation is 2. The van der Waals surface area contributed by atoms with Crippen molar-refractivity contribution in [2.45, 2.75) is 19.9 Å². The molecule has 0 aliphatic carbocycles. The normalized spacial score (nSPS) is 12.5. The number of hydrogen-bond donors (Lipinski definition) is 2. The summed E-state index contributed by atoms with van der Waals surface area (Å²) in [6.07, 6.45) is 0. The average Bonchev–Trinajstić information content (AvgIpc) is 2.03. The number of aliphatic carboxylic acids is 1. The number of carbonyl (C=O) groups is 1. The third-order valence-electron chi connectivity index (χ3n) is 2.12. The summed E-state index contributed by atoms with van der Waals surface area (Å²) in [5.74, 6) is -0.989. The van der Waals surface area contributed by atoms with Gasteiger partial charge in [-0.3, -0.25) is 4.79 Å². The van der Waals surface area contributed by atoms with E-state index in [-0.39, 0.29) is 0 Å². The molecule has 1 atom stereocenters. The van der Waals surface area contributed by atoms with E-state index in [4.69, 9.17) is 10.8 Å². The van der Waals surface area contributed by atoms with Gasteiger partial charge >= 0.3 is 5.97 Å². The Bertz CT molecular complexity index is 313. The van der Waals surface area contributed by atoms with Gasteiger partial charge in [0, 0.05) is 0 Å². The van der Waals surface area contributed by atoms with E-state index in [9.17, 15) is 4.79 Å². The fourth-order valence-electron chi connectivity index (χ4n) is 1.44. The predicted molar refractivity (Wildman–Crippen MR) is 50.5 cm³/mol. The Morgan fingerprint density at radius 1 is 1.38 bits per heavy atom. The number of nitrogens with two attached hydrogens (primary N) is 1. The van der Waals surface area contributed by atoms with E-state index >= 15 is 0 Å². The number of carboxylic acid groups (broad SMARTS) is 1. The molecule has 1 aromatic carbocycles. The fourth-order valence-corrected chi connectivity index (χ4v) is 1.44. The van der Waals surface area contributed by atoms with Crippen LogP contribution in [0.5, 0.6) is 0 Å². The quantitative estimate of drug-likeness (QED) is 0.721. The van der Waals surface area contributed by atoms with Crippen molar-refractivity contribution in [2.75, 3.05) is 0 Å². The standard InChI is InChI=1S/C10H13NO2/c1-6-4-3-5-7(2)8(6)9(11)10(12)13/h3-5,9H,11H2,1-2H3,(H,12,13). The van der Waals surface area contributed by atoms with Crippen molar-refractivity contribution in [1.29, 1.82) is 0 Å². The predicted octanol–water partition coefficient (Wildman–Crippen LogP) is 1.39. The van der Waals surface area contributed by atoms with Gasteiger partial charge in [0.1, 0.15) is 6.04 Å². The average molecular weight is 179 g/mol. The van der Waals surface area contributed by atoms with Gasteiger partial charge in [-0.05, 0) is 30.5 Å². The molecule has 0 saturated heterocycles. The number of rotatable bonds is 2. The highest BCUT2D eigenvalue weighted by Gasteiger charge is 2.17. The van der Waals surface area contributed by atoms with Crippen molar-refractivity contribution in [3.8, 4) is 0 Å². The highest BCUT2D eigenvalue weighted by molar-refractivity contribution is 5.76. The first-order valence-electron chi connectivity index (χ1n) is 4.08.